The van der Waals surface area contributed by atoms with Crippen LogP contribution in [0.5, 0.6) is 0 Å². The number of thiazole rings is 1. The zero-order valence-corrected chi connectivity index (χ0v) is 12.1. The molecule has 0 aliphatic carbocycles. The molecule has 0 spiro atoms. The summed E-state index contributed by atoms with van der Waals surface area (Å²) < 4.78 is 38.2. The number of pyridine rings is 1. The molecule has 3 aromatic rings. The fourth-order valence-electron chi connectivity index (χ4n) is 1.67. The number of rotatable bonds is 3. The van der Waals surface area contributed by atoms with Crippen molar-refractivity contribution in [1.82, 2.24) is 24.9 Å². The van der Waals surface area contributed by atoms with Crippen molar-refractivity contribution in [2.24, 2.45) is 0 Å². The number of aromatic nitrogens is 5. The molecule has 118 valence electrons. The molecule has 23 heavy (non-hydrogen) atoms. The lowest BCUT2D eigenvalue weighted by atomic mass is 10.3. The number of anilines is 3. The second-order valence-corrected chi connectivity index (χ2v) is 5.12. The van der Waals surface area contributed by atoms with Crippen molar-refractivity contribution in [3.05, 3.63) is 35.6 Å². The molecule has 3 aromatic heterocycles. The molecule has 0 amide bonds. The van der Waals surface area contributed by atoms with Crippen molar-refractivity contribution < 1.29 is 13.2 Å². The van der Waals surface area contributed by atoms with Crippen molar-refractivity contribution in [3.8, 4) is 11.5 Å². The maximum Gasteiger partial charge on any atom is 0.433 e. The number of halogens is 3. The van der Waals surface area contributed by atoms with Gasteiger partial charge in [0.15, 0.2) is 5.82 Å². The number of nitrogens with zero attached hydrogens (tertiary/aromatic N) is 5. The van der Waals surface area contributed by atoms with Gasteiger partial charge in [0.05, 0.1) is 11.7 Å². The molecule has 0 aromatic carbocycles. The summed E-state index contributed by atoms with van der Waals surface area (Å²) >= 11 is 1.30. The molecule has 0 fully saturated rings. The van der Waals surface area contributed by atoms with E-state index in [4.69, 9.17) is 5.73 Å². The summed E-state index contributed by atoms with van der Waals surface area (Å²) in [5.41, 5.74) is 6.09. The molecule has 0 unspecified atom stereocenters. The van der Waals surface area contributed by atoms with Gasteiger partial charge in [0, 0.05) is 0 Å². The monoisotopic (exact) mass is 339 g/mol. The molecule has 0 aliphatic heterocycles. The Hall–Kier alpha value is -2.82. The van der Waals surface area contributed by atoms with E-state index in [0.717, 1.165) is 6.07 Å². The molecule has 3 heterocycles. The number of hydrogen-bond acceptors (Lipinski definition) is 8. The van der Waals surface area contributed by atoms with Crippen LogP contribution in [0.1, 0.15) is 5.69 Å². The van der Waals surface area contributed by atoms with Crippen molar-refractivity contribution in [2.45, 2.75) is 6.18 Å². The summed E-state index contributed by atoms with van der Waals surface area (Å²) in [6.45, 7) is 0. The molecule has 0 aliphatic rings. The molecule has 0 saturated carbocycles. The predicted molar refractivity (Wildman–Crippen MR) is 77.9 cm³/mol. The van der Waals surface area contributed by atoms with Crippen molar-refractivity contribution >= 4 is 28.2 Å². The average molecular weight is 339 g/mol. The topological polar surface area (TPSA) is 102 Å². The molecule has 0 radical (unpaired) electrons. The van der Waals surface area contributed by atoms with Crippen LogP contribution in [0.4, 0.5) is 30.1 Å². The zero-order chi connectivity index (χ0) is 16.4. The highest BCUT2D eigenvalue weighted by Crippen LogP contribution is 2.29. The second kappa shape index (κ2) is 5.76. The Morgan fingerprint density at radius 3 is 2.61 bits per heavy atom. The normalized spacial score (nSPS) is 11.4. The van der Waals surface area contributed by atoms with E-state index in [1.54, 1.807) is 11.7 Å². The van der Waals surface area contributed by atoms with Gasteiger partial charge in [0.25, 0.3) is 0 Å². The first-order valence-electron chi connectivity index (χ1n) is 6.13. The molecule has 7 nitrogen and oxygen atoms in total. The zero-order valence-electron chi connectivity index (χ0n) is 11.2. The average Bonchev–Trinajstić information content (AvgIpc) is 2.99. The first-order chi connectivity index (χ1) is 10.9. The van der Waals surface area contributed by atoms with E-state index in [1.165, 1.54) is 23.5 Å². The van der Waals surface area contributed by atoms with Crippen LogP contribution in [0, 0.1) is 0 Å². The Morgan fingerprint density at radius 1 is 1.09 bits per heavy atom. The molecule has 0 bridgehead atoms. The number of alkyl halides is 3. The molecule has 11 heteroatoms. The maximum absolute atomic E-state index is 12.7. The van der Waals surface area contributed by atoms with E-state index in [9.17, 15) is 13.2 Å². The Kier molecular flexibility index (Phi) is 3.78. The summed E-state index contributed by atoms with van der Waals surface area (Å²) in [5.74, 6) is -0.104. The van der Waals surface area contributed by atoms with Crippen LogP contribution in [0.15, 0.2) is 29.9 Å². The van der Waals surface area contributed by atoms with Crippen molar-refractivity contribution in [2.75, 3.05) is 11.1 Å². The molecule has 0 saturated heterocycles. The first kappa shape index (κ1) is 15.1. The molecular weight excluding hydrogens is 331 g/mol. The summed E-state index contributed by atoms with van der Waals surface area (Å²) in [6, 6.07) is 3.45. The minimum absolute atomic E-state index is 0.0544. The van der Waals surface area contributed by atoms with E-state index in [0.29, 0.717) is 5.00 Å². The summed E-state index contributed by atoms with van der Waals surface area (Å²) in [5, 5.41) is 3.49. The van der Waals surface area contributed by atoms with Crippen molar-refractivity contribution in [3.63, 3.8) is 0 Å². The van der Waals surface area contributed by atoms with Crippen molar-refractivity contribution in [1.29, 1.82) is 0 Å². The Bertz CT molecular complexity index is 820. The van der Waals surface area contributed by atoms with Crippen LogP contribution >= 0.6 is 11.3 Å². The first-order valence-corrected chi connectivity index (χ1v) is 7.01. The number of nitrogens with two attached hydrogens (primary N) is 1. The summed E-state index contributed by atoms with van der Waals surface area (Å²) in [7, 11) is 0. The summed E-state index contributed by atoms with van der Waals surface area (Å²) in [6.07, 6.45) is -3.01. The lowest BCUT2D eigenvalue weighted by Crippen LogP contribution is -2.09. The van der Waals surface area contributed by atoms with Crippen LogP contribution < -0.4 is 11.1 Å². The number of nitrogen functional groups attached to an aromatic ring is 1. The predicted octanol–water partition coefficient (Wildman–Crippen LogP) is 2.73. The minimum Gasteiger partial charge on any atom is -0.368 e. The highest BCUT2D eigenvalue weighted by atomic mass is 32.1. The van der Waals surface area contributed by atoms with Crippen LogP contribution in [-0.2, 0) is 6.18 Å². The lowest BCUT2D eigenvalue weighted by Gasteiger charge is -2.08. The third-order valence-corrected chi connectivity index (χ3v) is 3.28. The maximum atomic E-state index is 12.7. The SMILES string of the molecule is Nc1nc(Nc2cncs2)nc(-c2cccc(C(F)(F)F)n2)n1. The van der Waals surface area contributed by atoms with Crippen LogP contribution in [0.2, 0.25) is 0 Å². The van der Waals surface area contributed by atoms with Gasteiger partial charge in [-0.25, -0.2) is 4.98 Å². The number of nitrogens with one attached hydrogen (secondary N) is 1. The molecule has 3 rings (SSSR count). The number of hydrogen-bond donors (Lipinski definition) is 2. The van der Waals surface area contributed by atoms with E-state index in [2.05, 4.69) is 30.2 Å². The fourth-order valence-corrected chi connectivity index (χ4v) is 2.17. The van der Waals surface area contributed by atoms with Gasteiger partial charge in [0.2, 0.25) is 11.9 Å². The van der Waals surface area contributed by atoms with E-state index >= 15 is 0 Å². The van der Waals surface area contributed by atoms with Gasteiger partial charge in [0.1, 0.15) is 16.4 Å². The Morgan fingerprint density at radius 2 is 1.91 bits per heavy atom. The minimum atomic E-state index is -4.56. The summed E-state index contributed by atoms with van der Waals surface area (Å²) in [4.78, 5) is 19.1. The van der Waals surface area contributed by atoms with Gasteiger partial charge in [-0.2, -0.15) is 28.1 Å². The Labute approximate surface area is 131 Å². The highest BCUT2D eigenvalue weighted by molar-refractivity contribution is 7.13. The third-order valence-electron chi connectivity index (χ3n) is 2.59. The lowest BCUT2D eigenvalue weighted by molar-refractivity contribution is -0.141. The van der Waals surface area contributed by atoms with Crippen LogP contribution in [-0.4, -0.2) is 24.9 Å². The smallest absolute Gasteiger partial charge is 0.368 e. The van der Waals surface area contributed by atoms with Gasteiger partial charge in [-0.05, 0) is 12.1 Å². The molecule has 0 atom stereocenters. The van der Waals surface area contributed by atoms with Gasteiger partial charge in [-0.15, -0.1) is 11.3 Å². The molecular formula is C12H8F3N7S. The molecule has 3 N–H and O–H groups in total. The highest BCUT2D eigenvalue weighted by Gasteiger charge is 2.32. The van der Waals surface area contributed by atoms with E-state index in [1.807, 2.05) is 0 Å². The van der Waals surface area contributed by atoms with Crippen LogP contribution in [0.3, 0.4) is 0 Å². The van der Waals surface area contributed by atoms with Gasteiger partial charge >= 0.3 is 6.18 Å². The standard InChI is InChI=1S/C12H8F3N7S/c13-12(14,15)7-3-1-2-6(18-7)9-20-10(16)22-11(21-9)19-8-4-17-5-23-8/h1-5H,(H3,16,19,20,21,22). The second-order valence-electron chi connectivity index (χ2n) is 4.24. The van der Waals surface area contributed by atoms with Gasteiger partial charge in [-0.1, -0.05) is 6.07 Å². The van der Waals surface area contributed by atoms with E-state index < -0.39 is 11.9 Å². The fraction of sp³-hybridized carbons (Fsp3) is 0.0833. The van der Waals surface area contributed by atoms with Crippen LogP contribution in [0.25, 0.3) is 11.5 Å². The Balaban J connectivity index is 1.98. The largest absolute Gasteiger partial charge is 0.433 e. The third kappa shape index (κ3) is 3.51. The van der Waals surface area contributed by atoms with Gasteiger partial charge < -0.3 is 11.1 Å². The van der Waals surface area contributed by atoms with E-state index in [-0.39, 0.29) is 23.4 Å². The van der Waals surface area contributed by atoms with Gasteiger partial charge in [-0.3, -0.25) is 4.98 Å². The quantitative estimate of drug-likeness (QED) is 0.756.